The Morgan fingerprint density at radius 3 is 2.36 bits per heavy atom. The molecule has 0 fully saturated rings. The summed E-state index contributed by atoms with van der Waals surface area (Å²) >= 11 is 0. The molecule has 0 unspecified atom stereocenters. The summed E-state index contributed by atoms with van der Waals surface area (Å²) in [5, 5.41) is 5.91. The van der Waals surface area contributed by atoms with Crippen molar-refractivity contribution in [3.8, 4) is 0 Å². The van der Waals surface area contributed by atoms with Crippen molar-refractivity contribution in [2.45, 2.75) is 46.2 Å². The standard InChI is InChI=1S/C10H22N2O2/c1-8(2)11-6-5-7-14-10(13)12-9(3)4/h8-9,11H,5-7H2,1-4H3,(H,12,13). The predicted octanol–water partition coefficient (Wildman–Crippen LogP) is 1.51. The van der Waals surface area contributed by atoms with E-state index in [4.69, 9.17) is 4.74 Å². The van der Waals surface area contributed by atoms with Crippen molar-refractivity contribution >= 4 is 6.09 Å². The molecule has 0 rings (SSSR count). The van der Waals surface area contributed by atoms with Crippen molar-refractivity contribution < 1.29 is 9.53 Å². The van der Waals surface area contributed by atoms with Crippen LogP contribution in [-0.2, 0) is 4.74 Å². The molecular weight excluding hydrogens is 180 g/mol. The molecular formula is C10H22N2O2. The summed E-state index contributed by atoms with van der Waals surface area (Å²) in [6.07, 6.45) is 0.522. The zero-order valence-corrected chi connectivity index (χ0v) is 9.59. The number of amides is 1. The summed E-state index contributed by atoms with van der Waals surface area (Å²) in [6, 6.07) is 0.621. The van der Waals surface area contributed by atoms with E-state index in [1.54, 1.807) is 0 Å². The van der Waals surface area contributed by atoms with Gasteiger partial charge in [-0.1, -0.05) is 13.8 Å². The van der Waals surface area contributed by atoms with Gasteiger partial charge in [0.05, 0.1) is 6.61 Å². The van der Waals surface area contributed by atoms with E-state index in [0.29, 0.717) is 12.6 Å². The van der Waals surface area contributed by atoms with Crippen molar-refractivity contribution in [1.82, 2.24) is 10.6 Å². The lowest BCUT2D eigenvalue weighted by atomic mass is 10.3. The third-order valence-corrected chi connectivity index (χ3v) is 1.51. The van der Waals surface area contributed by atoms with E-state index in [1.807, 2.05) is 13.8 Å². The summed E-state index contributed by atoms with van der Waals surface area (Å²) in [5.74, 6) is 0. The topological polar surface area (TPSA) is 50.4 Å². The summed E-state index contributed by atoms with van der Waals surface area (Å²) in [7, 11) is 0. The molecule has 0 aliphatic carbocycles. The average Bonchev–Trinajstić information content (AvgIpc) is 2.01. The number of ether oxygens (including phenoxy) is 1. The van der Waals surface area contributed by atoms with Gasteiger partial charge in [0.2, 0.25) is 0 Å². The highest BCUT2D eigenvalue weighted by Crippen LogP contribution is 1.86. The molecule has 84 valence electrons. The number of nitrogens with one attached hydrogen (secondary N) is 2. The minimum Gasteiger partial charge on any atom is -0.450 e. The lowest BCUT2D eigenvalue weighted by Crippen LogP contribution is -2.31. The number of carbonyl (C=O) groups is 1. The Morgan fingerprint density at radius 1 is 1.21 bits per heavy atom. The Labute approximate surface area is 86.4 Å². The van der Waals surface area contributed by atoms with Crippen LogP contribution in [-0.4, -0.2) is 31.3 Å². The number of alkyl carbamates (subject to hydrolysis) is 1. The van der Waals surface area contributed by atoms with Crippen molar-refractivity contribution in [2.24, 2.45) is 0 Å². The van der Waals surface area contributed by atoms with Crippen LogP contribution in [0.2, 0.25) is 0 Å². The van der Waals surface area contributed by atoms with Gasteiger partial charge in [0.1, 0.15) is 0 Å². The Balaban J connectivity index is 3.23. The smallest absolute Gasteiger partial charge is 0.407 e. The fourth-order valence-electron chi connectivity index (χ4n) is 0.905. The van der Waals surface area contributed by atoms with Crippen LogP contribution >= 0.6 is 0 Å². The first-order valence-electron chi connectivity index (χ1n) is 5.19. The fraction of sp³-hybridized carbons (Fsp3) is 0.900. The number of rotatable bonds is 6. The first-order chi connectivity index (χ1) is 6.52. The molecule has 0 saturated heterocycles. The third-order valence-electron chi connectivity index (χ3n) is 1.51. The number of carbonyl (C=O) groups excluding carboxylic acids is 1. The van der Waals surface area contributed by atoms with Crippen LogP contribution in [0.3, 0.4) is 0 Å². The molecule has 14 heavy (non-hydrogen) atoms. The van der Waals surface area contributed by atoms with Gasteiger partial charge in [0.15, 0.2) is 0 Å². The highest BCUT2D eigenvalue weighted by atomic mass is 16.5. The van der Waals surface area contributed by atoms with Gasteiger partial charge in [0.25, 0.3) is 0 Å². The van der Waals surface area contributed by atoms with Gasteiger partial charge in [0, 0.05) is 12.1 Å². The normalized spacial score (nSPS) is 10.7. The maximum absolute atomic E-state index is 11.0. The molecule has 4 nitrogen and oxygen atoms in total. The fourth-order valence-corrected chi connectivity index (χ4v) is 0.905. The van der Waals surface area contributed by atoms with Crippen molar-refractivity contribution in [1.29, 1.82) is 0 Å². The van der Waals surface area contributed by atoms with E-state index in [2.05, 4.69) is 24.5 Å². The first-order valence-corrected chi connectivity index (χ1v) is 5.19. The summed E-state index contributed by atoms with van der Waals surface area (Å²) in [4.78, 5) is 11.0. The van der Waals surface area contributed by atoms with Gasteiger partial charge in [-0.15, -0.1) is 0 Å². The molecule has 0 saturated carbocycles. The molecule has 1 amide bonds. The molecule has 0 radical (unpaired) electrons. The maximum Gasteiger partial charge on any atom is 0.407 e. The largest absolute Gasteiger partial charge is 0.450 e. The van der Waals surface area contributed by atoms with Crippen molar-refractivity contribution in [3.05, 3.63) is 0 Å². The minimum absolute atomic E-state index is 0.135. The highest BCUT2D eigenvalue weighted by molar-refractivity contribution is 5.67. The second-order valence-electron chi connectivity index (χ2n) is 3.90. The van der Waals surface area contributed by atoms with Gasteiger partial charge >= 0.3 is 6.09 Å². The van der Waals surface area contributed by atoms with Gasteiger partial charge in [-0.25, -0.2) is 4.79 Å². The quantitative estimate of drug-likeness (QED) is 0.642. The van der Waals surface area contributed by atoms with Crippen LogP contribution in [0.15, 0.2) is 0 Å². The molecule has 4 heteroatoms. The molecule has 0 aromatic heterocycles. The third kappa shape index (κ3) is 9.32. The van der Waals surface area contributed by atoms with E-state index in [9.17, 15) is 4.79 Å². The first kappa shape index (κ1) is 13.2. The van der Waals surface area contributed by atoms with E-state index in [0.717, 1.165) is 13.0 Å². The molecule has 0 heterocycles. The molecule has 2 N–H and O–H groups in total. The van der Waals surface area contributed by atoms with Crippen molar-refractivity contribution in [3.63, 3.8) is 0 Å². The van der Waals surface area contributed by atoms with Crippen LogP contribution in [0.25, 0.3) is 0 Å². The zero-order valence-electron chi connectivity index (χ0n) is 9.59. The van der Waals surface area contributed by atoms with Crippen LogP contribution in [0, 0.1) is 0 Å². The summed E-state index contributed by atoms with van der Waals surface area (Å²) in [5.41, 5.74) is 0. The Hall–Kier alpha value is -0.770. The van der Waals surface area contributed by atoms with E-state index in [1.165, 1.54) is 0 Å². The summed E-state index contributed by atoms with van der Waals surface area (Å²) < 4.78 is 4.94. The van der Waals surface area contributed by atoms with Gasteiger partial charge in [-0.05, 0) is 26.8 Å². The molecule has 0 aromatic rings. The van der Waals surface area contributed by atoms with Crippen molar-refractivity contribution in [2.75, 3.05) is 13.2 Å². The van der Waals surface area contributed by atoms with Crippen LogP contribution < -0.4 is 10.6 Å². The van der Waals surface area contributed by atoms with Gasteiger partial charge in [-0.3, -0.25) is 0 Å². The molecule has 0 aliphatic rings. The van der Waals surface area contributed by atoms with Crippen LogP contribution in [0.1, 0.15) is 34.1 Å². The van der Waals surface area contributed by atoms with E-state index >= 15 is 0 Å². The summed E-state index contributed by atoms with van der Waals surface area (Å²) in [6.45, 7) is 9.34. The van der Waals surface area contributed by atoms with E-state index in [-0.39, 0.29) is 12.1 Å². The van der Waals surface area contributed by atoms with E-state index < -0.39 is 0 Å². The number of hydrogen-bond acceptors (Lipinski definition) is 3. The highest BCUT2D eigenvalue weighted by Gasteiger charge is 2.02. The predicted molar refractivity (Wildman–Crippen MR) is 57.4 cm³/mol. The molecule has 0 aliphatic heterocycles. The Morgan fingerprint density at radius 2 is 1.86 bits per heavy atom. The monoisotopic (exact) mass is 202 g/mol. The number of hydrogen-bond donors (Lipinski definition) is 2. The molecule has 0 aromatic carbocycles. The Kier molecular flexibility index (Phi) is 7.20. The molecule has 0 bridgehead atoms. The SMILES string of the molecule is CC(C)NCCCOC(=O)NC(C)C. The lowest BCUT2D eigenvalue weighted by molar-refractivity contribution is 0.142. The Bertz CT molecular complexity index is 158. The molecule has 0 spiro atoms. The minimum atomic E-state index is -0.329. The van der Waals surface area contributed by atoms with Gasteiger partial charge in [-0.2, -0.15) is 0 Å². The lowest BCUT2D eigenvalue weighted by Gasteiger charge is -2.10. The van der Waals surface area contributed by atoms with Gasteiger partial charge < -0.3 is 15.4 Å². The van der Waals surface area contributed by atoms with Crippen LogP contribution in [0.5, 0.6) is 0 Å². The van der Waals surface area contributed by atoms with Crippen LogP contribution in [0.4, 0.5) is 4.79 Å². The second-order valence-corrected chi connectivity index (χ2v) is 3.90. The molecule has 0 atom stereocenters. The second kappa shape index (κ2) is 7.62. The average molecular weight is 202 g/mol. The zero-order chi connectivity index (χ0) is 11.0. The maximum atomic E-state index is 11.0.